The van der Waals surface area contributed by atoms with E-state index in [0.29, 0.717) is 19.7 Å². The fraction of sp³-hybridized carbons (Fsp3) is 0.350. The topological polar surface area (TPSA) is 50.4 Å². The van der Waals surface area contributed by atoms with Crippen LogP contribution >= 0.6 is 15.9 Å². The van der Waals surface area contributed by atoms with Gasteiger partial charge in [0, 0.05) is 17.6 Å². The smallest absolute Gasteiger partial charge is 0.314 e. The van der Waals surface area contributed by atoms with Gasteiger partial charge in [-0.25, -0.2) is 4.79 Å². The molecule has 2 amide bonds. The van der Waals surface area contributed by atoms with Gasteiger partial charge in [0.2, 0.25) is 0 Å². The Balaban J connectivity index is 1.59. The third kappa shape index (κ3) is 6.42. The molecule has 0 heterocycles. The number of aryl methyl sites for hydroxylation is 2. The van der Waals surface area contributed by atoms with E-state index < -0.39 is 0 Å². The summed E-state index contributed by atoms with van der Waals surface area (Å²) in [7, 11) is 0. The molecule has 25 heavy (non-hydrogen) atoms. The van der Waals surface area contributed by atoms with Crippen molar-refractivity contribution in [1.29, 1.82) is 0 Å². The number of carbonyl (C=O) groups is 1. The Hall–Kier alpha value is -2.01. The summed E-state index contributed by atoms with van der Waals surface area (Å²) in [4.78, 5) is 11.8. The van der Waals surface area contributed by atoms with Crippen LogP contribution < -0.4 is 15.4 Å². The first-order valence-corrected chi connectivity index (χ1v) is 9.31. The van der Waals surface area contributed by atoms with Gasteiger partial charge < -0.3 is 15.4 Å². The predicted molar refractivity (Wildman–Crippen MR) is 105 cm³/mol. The zero-order valence-electron chi connectivity index (χ0n) is 14.8. The molecule has 0 saturated heterocycles. The molecule has 2 aromatic carbocycles. The summed E-state index contributed by atoms with van der Waals surface area (Å²) >= 11 is 3.51. The second-order valence-electron chi connectivity index (χ2n) is 5.95. The number of hydrogen-bond acceptors (Lipinski definition) is 2. The van der Waals surface area contributed by atoms with E-state index in [0.717, 1.165) is 34.2 Å². The maximum Gasteiger partial charge on any atom is 0.314 e. The highest BCUT2D eigenvalue weighted by Gasteiger charge is 2.04. The molecular formula is C20H25BrN2O2. The molecule has 0 saturated carbocycles. The quantitative estimate of drug-likeness (QED) is 0.641. The van der Waals surface area contributed by atoms with Crippen molar-refractivity contribution in [3.05, 3.63) is 63.6 Å². The van der Waals surface area contributed by atoms with Crippen molar-refractivity contribution in [2.24, 2.45) is 0 Å². The molecule has 0 aliphatic rings. The number of halogens is 1. The average Bonchev–Trinajstić information content (AvgIpc) is 2.58. The molecule has 134 valence electrons. The summed E-state index contributed by atoms with van der Waals surface area (Å²) in [5, 5.41) is 5.73. The van der Waals surface area contributed by atoms with Crippen molar-refractivity contribution in [3.63, 3.8) is 0 Å². The number of rotatable bonds is 8. The normalized spacial score (nSPS) is 10.4. The first-order chi connectivity index (χ1) is 12.1. The number of amides is 2. The highest BCUT2D eigenvalue weighted by atomic mass is 79.9. The first kappa shape index (κ1) is 19.3. The van der Waals surface area contributed by atoms with Crippen molar-refractivity contribution < 1.29 is 9.53 Å². The van der Waals surface area contributed by atoms with Crippen LogP contribution in [0.2, 0.25) is 0 Å². The summed E-state index contributed by atoms with van der Waals surface area (Å²) in [5.74, 6) is 0.945. The number of nitrogens with one attached hydrogen (secondary N) is 2. The molecule has 2 N–H and O–H groups in total. The molecule has 0 radical (unpaired) electrons. The molecule has 0 aromatic heterocycles. The van der Waals surface area contributed by atoms with Gasteiger partial charge in [0.05, 0.1) is 6.61 Å². The van der Waals surface area contributed by atoms with Gasteiger partial charge in [0.1, 0.15) is 5.75 Å². The van der Waals surface area contributed by atoms with E-state index in [2.05, 4.69) is 32.6 Å². The molecular weight excluding hydrogens is 380 g/mol. The van der Waals surface area contributed by atoms with Crippen LogP contribution in [0.15, 0.2) is 46.9 Å². The van der Waals surface area contributed by atoms with Gasteiger partial charge in [0.15, 0.2) is 0 Å². The van der Waals surface area contributed by atoms with E-state index in [9.17, 15) is 4.79 Å². The summed E-state index contributed by atoms with van der Waals surface area (Å²) in [6.07, 6.45) is 1.57. The number of hydrogen-bond donors (Lipinski definition) is 2. The van der Waals surface area contributed by atoms with Crippen LogP contribution in [0.4, 0.5) is 4.79 Å². The van der Waals surface area contributed by atoms with Crippen LogP contribution in [-0.4, -0.2) is 25.7 Å². The predicted octanol–water partition coefficient (Wildman–Crippen LogP) is 4.38. The van der Waals surface area contributed by atoms with Crippen LogP contribution in [0.25, 0.3) is 0 Å². The van der Waals surface area contributed by atoms with Crippen LogP contribution in [-0.2, 0) is 6.42 Å². The number of urea groups is 1. The average molecular weight is 405 g/mol. The zero-order valence-corrected chi connectivity index (χ0v) is 16.4. The van der Waals surface area contributed by atoms with Gasteiger partial charge in [-0.15, -0.1) is 0 Å². The Bertz CT molecular complexity index is 684. The van der Waals surface area contributed by atoms with Crippen molar-refractivity contribution in [2.45, 2.75) is 26.7 Å². The lowest BCUT2D eigenvalue weighted by atomic mass is 10.1. The fourth-order valence-corrected chi connectivity index (χ4v) is 3.03. The van der Waals surface area contributed by atoms with Gasteiger partial charge in [-0.2, -0.15) is 0 Å². The fourth-order valence-electron chi connectivity index (χ4n) is 2.55. The molecule has 0 aliphatic heterocycles. The molecule has 5 heteroatoms. The standard InChI is InChI=1S/C20H25BrN2O2/c1-15-7-5-8-16(2)19(15)25-14-6-12-22-20(24)23-13-11-17-9-3-4-10-18(17)21/h3-5,7-10H,6,11-14H2,1-2H3,(H2,22,23,24). The van der Waals surface area contributed by atoms with E-state index in [4.69, 9.17) is 4.74 Å². The molecule has 0 atom stereocenters. The van der Waals surface area contributed by atoms with Crippen LogP contribution in [0.5, 0.6) is 5.75 Å². The molecule has 2 aromatic rings. The molecule has 0 unspecified atom stereocenters. The molecule has 0 spiro atoms. The Morgan fingerprint density at radius 1 is 1.00 bits per heavy atom. The Labute approximate surface area is 158 Å². The first-order valence-electron chi connectivity index (χ1n) is 8.52. The van der Waals surface area contributed by atoms with E-state index in [-0.39, 0.29) is 6.03 Å². The van der Waals surface area contributed by atoms with E-state index in [1.807, 2.05) is 50.2 Å². The maximum atomic E-state index is 11.8. The van der Waals surface area contributed by atoms with Crippen LogP contribution in [0.1, 0.15) is 23.1 Å². The highest BCUT2D eigenvalue weighted by Crippen LogP contribution is 2.22. The third-order valence-electron chi connectivity index (χ3n) is 3.90. The van der Waals surface area contributed by atoms with Crippen molar-refractivity contribution >= 4 is 22.0 Å². The largest absolute Gasteiger partial charge is 0.493 e. The second kappa shape index (κ2) is 10.1. The Morgan fingerprint density at radius 2 is 1.68 bits per heavy atom. The van der Waals surface area contributed by atoms with Gasteiger partial charge in [-0.3, -0.25) is 0 Å². The number of ether oxygens (including phenoxy) is 1. The Kier molecular flexibility index (Phi) is 7.79. The van der Waals surface area contributed by atoms with Crippen LogP contribution in [0.3, 0.4) is 0 Å². The molecule has 0 aliphatic carbocycles. The zero-order chi connectivity index (χ0) is 18.1. The highest BCUT2D eigenvalue weighted by molar-refractivity contribution is 9.10. The number of para-hydroxylation sites is 1. The maximum absolute atomic E-state index is 11.8. The second-order valence-corrected chi connectivity index (χ2v) is 6.80. The third-order valence-corrected chi connectivity index (χ3v) is 4.67. The van der Waals surface area contributed by atoms with Crippen molar-refractivity contribution in [3.8, 4) is 5.75 Å². The van der Waals surface area contributed by atoms with Gasteiger partial charge >= 0.3 is 6.03 Å². The van der Waals surface area contributed by atoms with E-state index >= 15 is 0 Å². The van der Waals surface area contributed by atoms with Crippen molar-refractivity contribution in [2.75, 3.05) is 19.7 Å². The lowest BCUT2D eigenvalue weighted by molar-refractivity contribution is 0.239. The lowest BCUT2D eigenvalue weighted by Gasteiger charge is -2.12. The molecule has 0 fully saturated rings. The van der Waals surface area contributed by atoms with Crippen LogP contribution in [0, 0.1) is 13.8 Å². The SMILES string of the molecule is Cc1cccc(C)c1OCCCNC(=O)NCCc1ccccc1Br. The van der Waals surface area contributed by atoms with Crippen molar-refractivity contribution in [1.82, 2.24) is 10.6 Å². The monoisotopic (exact) mass is 404 g/mol. The van der Waals surface area contributed by atoms with E-state index in [1.165, 1.54) is 5.56 Å². The van der Waals surface area contributed by atoms with E-state index in [1.54, 1.807) is 0 Å². The number of benzene rings is 2. The summed E-state index contributed by atoms with van der Waals surface area (Å²) in [5.41, 5.74) is 3.46. The van der Waals surface area contributed by atoms with Gasteiger partial charge in [-0.05, 0) is 49.4 Å². The minimum absolute atomic E-state index is 0.140. The molecule has 4 nitrogen and oxygen atoms in total. The lowest BCUT2D eigenvalue weighted by Crippen LogP contribution is -2.37. The number of carbonyl (C=O) groups excluding carboxylic acids is 1. The summed E-state index contributed by atoms with van der Waals surface area (Å²) in [6.45, 7) is 5.86. The molecule has 0 bridgehead atoms. The van der Waals surface area contributed by atoms with Gasteiger partial charge in [0.25, 0.3) is 0 Å². The Morgan fingerprint density at radius 3 is 2.40 bits per heavy atom. The van der Waals surface area contributed by atoms with Gasteiger partial charge in [-0.1, -0.05) is 52.3 Å². The minimum Gasteiger partial charge on any atom is -0.493 e. The minimum atomic E-state index is -0.140. The summed E-state index contributed by atoms with van der Waals surface area (Å²) < 4.78 is 6.89. The molecule has 2 rings (SSSR count). The summed E-state index contributed by atoms with van der Waals surface area (Å²) in [6, 6.07) is 14.0.